The first-order valence-corrected chi connectivity index (χ1v) is 6.72. The Balaban J connectivity index is 2.24. The lowest BCUT2D eigenvalue weighted by Gasteiger charge is -2.17. The van der Waals surface area contributed by atoms with Crippen LogP contribution in [0.3, 0.4) is 0 Å². The van der Waals surface area contributed by atoms with E-state index in [2.05, 4.69) is 15.9 Å². The van der Waals surface area contributed by atoms with E-state index in [1.165, 1.54) is 12.8 Å². The van der Waals surface area contributed by atoms with Crippen molar-refractivity contribution in [2.24, 2.45) is 11.7 Å². The van der Waals surface area contributed by atoms with Gasteiger partial charge in [-0.05, 0) is 59.3 Å². The summed E-state index contributed by atoms with van der Waals surface area (Å²) in [5.41, 5.74) is 7.38. The molecule has 0 amide bonds. The van der Waals surface area contributed by atoms with E-state index in [4.69, 9.17) is 10.5 Å². The highest BCUT2D eigenvalue weighted by atomic mass is 79.9. The van der Waals surface area contributed by atoms with Crippen molar-refractivity contribution < 1.29 is 9.84 Å². The van der Waals surface area contributed by atoms with Gasteiger partial charge in [0.2, 0.25) is 0 Å². The van der Waals surface area contributed by atoms with Crippen molar-refractivity contribution in [2.75, 3.05) is 13.2 Å². The molecule has 0 aromatic heterocycles. The zero-order valence-electron chi connectivity index (χ0n) is 9.95. The molecule has 1 fully saturated rings. The zero-order valence-corrected chi connectivity index (χ0v) is 11.5. The molecule has 1 aromatic carbocycles. The van der Waals surface area contributed by atoms with Crippen LogP contribution in [0.1, 0.15) is 30.1 Å². The summed E-state index contributed by atoms with van der Waals surface area (Å²) < 4.78 is 6.70. The van der Waals surface area contributed by atoms with Crippen molar-refractivity contribution in [3.05, 3.63) is 27.7 Å². The van der Waals surface area contributed by atoms with Crippen LogP contribution < -0.4 is 10.5 Å². The van der Waals surface area contributed by atoms with Gasteiger partial charge in [0.1, 0.15) is 5.75 Å². The van der Waals surface area contributed by atoms with Gasteiger partial charge >= 0.3 is 0 Å². The molecule has 3 nitrogen and oxygen atoms in total. The van der Waals surface area contributed by atoms with Gasteiger partial charge in [0.25, 0.3) is 0 Å². The van der Waals surface area contributed by atoms with Gasteiger partial charge in [-0.2, -0.15) is 0 Å². The van der Waals surface area contributed by atoms with E-state index in [1.54, 1.807) is 0 Å². The van der Waals surface area contributed by atoms with Gasteiger partial charge in [-0.1, -0.05) is 0 Å². The molecule has 1 aliphatic rings. The summed E-state index contributed by atoms with van der Waals surface area (Å²) in [5, 5.41) is 9.91. The molecule has 0 radical (unpaired) electrons. The zero-order chi connectivity index (χ0) is 12.4. The van der Waals surface area contributed by atoms with Gasteiger partial charge in [0, 0.05) is 12.1 Å². The predicted molar refractivity (Wildman–Crippen MR) is 71.1 cm³/mol. The average molecular weight is 300 g/mol. The van der Waals surface area contributed by atoms with Gasteiger partial charge in [0.15, 0.2) is 0 Å². The van der Waals surface area contributed by atoms with Crippen molar-refractivity contribution in [1.29, 1.82) is 0 Å². The maximum atomic E-state index is 9.91. The quantitative estimate of drug-likeness (QED) is 0.878. The third kappa shape index (κ3) is 3.21. The van der Waals surface area contributed by atoms with Gasteiger partial charge in [-0.15, -0.1) is 0 Å². The number of nitrogens with two attached hydrogens (primary N) is 1. The molecule has 0 spiro atoms. The van der Waals surface area contributed by atoms with Crippen molar-refractivity contribution in [2.45, 2.75) is 25.9 Å². The number of halogens is 1. The number of aliphatic hydroxyl groups is 1. The largest absolute Gasteiger partial charge is 0.492 e. The summed E-state index contributed by atoms with van der Waals surface area (Å²) in [4.78, 5) is 0. The Morgan fingerprint density at radius 3 is 2.82 bits per heavy atom. The lowest BCUT2D eigenvalue weighted by molar-refractivity contribution is 0.178. The molecule has 94 valence electrons. The highest BCUT2D eigenvalue weighted by Gasteiger charge is 2.24. The normalized spacial score (nSPS) is 16.9. The lowest BCUT2D eigenvalue weighted by Crippen LogP contribution is -2.14. The van der Waals surface area contributed by atoms with Crippen molar-refractivity contribution in [3.8, 4) is 5.75 Å². The van der Waals surface area contributed by atoms with E-state index in [1.807, 2.05) is 19.1 Å². The molecule has 17 heavy (non-hydrogen) atoms. The van der Waals surface area contributed by atoms with Crippen LogP contribution in [0.2, 0.25) is 0 Å². The smallest absolute Gasteiger partial charge is 0.139 e. The minimum atomic E-state index is -0.666. The van der Waals surface area contributed by atoms with Gasteiger partial charge in [-0.25, -0.2) is 0 Å². The third-order valence-electron chi connectivity index (χ3n) is 2.96. The predicted octanol–water partition coefficient (Wildman–Crippen LogP) is 2.54. The van der Waals surface area contributed by atoms with Crippen LogP contribution in [0.25, 0.3) is 0 Å². The summed E-state index contributed by atoms with van der Waals surface area (Å²) in [6, 6.07) is 3.93. The topological polar surface area (TPSA) is 55.5 Å². The second-order valence-corrected chi connectivity index (χ2v) is 5.53. The van der Waals surface area contributed by atoms with E-state index < -0.39 is 6.10 Å². The van der Waals surface area contributed by atoms with Crippen LogP contribution in [0.4, 0.5) is 0 Å². The molecule has 1 saturated carbocycles. The molecular weight excluding hydrogens is 282 g/mol. The fourth-order valence-electron chi connectivity index (χ4n) is 1.77. The van der Waals surface area contributed by atoms with Gasteiger partial charge < -0.3 is 15.6 Å². The molecule has 0 saturated heterocycles. The Kier molecular flexibility index (Phi) is 4.07. The number of aliphatic hydroxyl groups excluding tert-OH is 1. The fourth-order valence-corrected chi connectivity index (χ4v) is 2.47. The molecule has 1 aliphatic carbocycles. The van der Waals surface area contributed by atoms with Crippen LogP contribution in [-0.2, 0) is 0 Å². The summed E-state index contributed by atoms with van der Waals surface area (Å²) >= 11 is 3.49. The second-order valence-electron chi connectivity index (χ2n) is 4.67. The third-order valence-corrected chi connectivity index (χ3v) is 3.55. The summed E-state index contributed by atoms with van der Waals surface area (Å²) in [7, 11) is 0. The van der Waals surface area contributed by atoms with E-state index in [0.29, 0.717) is 5.92 Å². The lowest BCUT2D eigenvalue weighted by atomic mass is 10.1. The summed E-state index contributed by atoms with van der Waals surface area (Å²) in [5.74, 6) is 1.42. The first-order valence-electron chi connectivity index (χ1n) is 5.92. The molecule has 0 bridgehead atoms. The monoisotopic (exact) mass is 299 g/mol. The van der Waals surface area contributed by atoms with Gasteiger partial charge in [-0.3, -0.25) is 0 Å². The number of benzene rings is 1. The van der Waals surface area contributed by atoms with Crippen molar-refractivity contribution in [3.63, 3.8) is 0 Å². The van der Waals surface area contributed by atoms with Crippen LogP contribution in [0.15, 0.2) is 16.6 Å². The Hall–Kier alpha value is -0.580. The summed E-state index contributed by atoms with van der Waals surface area (Å²) in [6.45, 7) is 2.92. The van der Waals surface area contributed by atoms with Crippen LogP contribution >= 0.6 is 15.9 Å². The number of hydrogen-bond donors (Lipinski definition) is 2. The maximum Gasteiger partial charge on any atom is 0.139 e. The molecule has 0 aliphatic heterocycles. The Labute approximate surface area is 110 Å². The minimum Gasteiger partial charge on any atom is -0.492 e. The molecule has 3 N–H and O–H groups in total. The van der Waals surface area contributed by atoms with Gasteiger partial charge in [0.05, 0.1) is 17.2 Å². The average Bonchev–Trinajstić information content (AvgIpc) is 3.09. The molecule has 1 aromatic rings. The van der Waals surface area contributed by atoms with Crippen LogP contribution in [-0.4, -0.2) is 18.3 Å². The number of aryl methyl sites for hydroxylation is 1. The van der Waals surface area contributed by atoms with Crippen LogP contribution in [0, 0.1) is 12.8 Å². The molecule has 4 heteroatoms. The van der Waals surface area contributed by atoms with E-state index in [0.717, 1.165) is 28.0 Å². The second kappa shape index (κ2) is 5.38. The van der Waals surface area contributed by atoms with Crippen molar-refractivity contribution in [1.82, 2.24) is 0 Å². The van der Waals surface area contributed by atoms with E-state index in [-0.39, 0.29) is 6.54 Å². The number of rotatable bonds is 5. The molecular formula is C13H18BrNO2. The Morgan fingerprint density at radius 1 is 1.53 bits per heavy atom. The standard InChI is InChI=1S/C13H18BrNO2/c1-8-4-10(12(16)6-15)13(11(14)5-8)17-7-9-2-3-9/h4-5,9,12,16H,2-3,6-7,15H2,1H3. The maximum absolute atomic E-state index is 9.91. The SMILES string of the molecule is Cc1cc(Br)c(OCC2CC2)c(C(O)CN)c1. The molecule has 0 heterocycles. The molecule has 2 rings (SSSR count). The fraction of sp³-hybridized carbons (Fsp3) is 0.538. The Morgan fingerprint density at radius 2 is 2.24 bits per heavy atom. The number of hydrogen-bond acceptors (Lipinski definition) is 3. The van der Waals surface area contributed by atoms with E-state index in [9.17, 15) is 5.11 Å². The molecule has 1 atom stereocenters. The minimum absolute atomic E-state index is 0.204. The highest BCUT2D eigenvalue weighted by molar-refractivity contribution is 9.10. The highest BCUT2D eigenvalue weighted by Crippen LogP contribution is 2.36. The van der Waals surface area contributed by atoms with E-state index >= 15 is 0 Å². The Bertz CT molecular complexity index is 405. The summed E-state index contributed by atoms with van der Waals surface area (Å²) in [6.07, 6.45) is 1.83. The first-order chi connectivity index (χ1) is 8.11. The number of ether oxygens (including phenoxy) is 1. The molecule has 1 unspecified atom stereocenters. The van der Waals surface area contributed by atoms with Crippen LogP contribution in [0.5, 0.6) is 5.75 Å². The van der Waals surface area contributed by atoms with Crippen molar-refractivity contribution >= 4 is 15.9 Å². The first kappa shape index (κ1) is 12.9.